The standard InChI is InChI=1S/C10H8INO4/c11-8-5-3-12-6(10(15)16)1-4(5)2-7(13)9(8)14/h2-3,6,13-14H,1H2,(H,15,16). The zero-order chi connectivity index (χ0) is 11.9. The van der Waals surface area contributed by atoms with Crippen LogP contribution in [0, 0.1) is 3.57 Å². The van der Waals surface area contributed by atoms with Crippen LogP contribution in [0.1, 0.15) is 11.1 Å². The molecule has 1 unspecified atom stereocenters. The van der Waals surface area contributed by atoms with Crippen molar-refractivity contribution in [2.24, 2.45) is 4.99 Å². The number of aliphatic imine (C=N–C) groups is 1. The molecular weight excluding hydrogens is 325 g/mol. The van der Waals surface area contributed by atoms with Crippen molar-refractivity contribution in [3.8, 4) is 11.5 Å². The fourth-order valence-corrected chi connectivity index (χ4v) is 2.34. The number of benzene rings is 1. The molecule has 1 aliphatic rings. The van der Waals surface area contributed by atoms with Crippen LogP contribution in [0.4, 0.5) is 0 Å². The second kappa shape index (κ2) is 3.93. The number of aromatic hydroxyl groups is 2. The first kappa shape index (κ1) is 11.2. The summed E-state index contributed by atoms with van der Waals surface area (Å²) in [7, 11) is 0. The van der Waals surface area contributed by atoms with E-state index < -0.39 is 12.0 Å². The molecule has 0 bridgehead atoms. The van der Waals surface area contributed by atoms with E-state index in [0.717, 1.165) is 0 Å². The maximum Gasteiger partial charge on any atom is 0.328 e. The van der Waals surface area contributed by atoms with Gasteiger partial charge in [-0.25, -0.2) is 4.79 Å². The van der Waals surface area contributed by atoms with Crippen LogP contribution in [-0.4, -0.2) is 33.5 Å². The summed E-state index contributed by atoms with van der Waals surface area (Å²) in [4.78, 5) is 14.7. The van der Waals surface area contributed by atoms with E-state index in [0.29, 0.717) is 14.7 Å². The van der Waals surface area contributed by atoms with Crippen molar-refractivity contribution in [1.29, 1.82) is 0 Å². The third kappa shape index (κ3) is 1.73. The number of hydrogen-bond acceptors (Lipinski definition) is 4. The highest BCUT2D eigenvalue weighted by Gasteiger charge is 2.24. The molecule has 0 fully saturated rings. The number of phenols is 2. The summed E-state index contributed by atoms with van der Waals surface area (Å²) >= 11 is 1.89. The first-order valence-electron chi connectivity index (χ1n) is 4.50. The van der Waals surface area contributed by atoms with Gasteiger partial charge in [0.1, 0.15) is 0 Å². The number of rotatable bonds is 1. The minimum absolute atomic E-state index is 0.195. The molecule has 0 spiro atoms. The molecule has 5 nitrogen and oxygen atoms in total. The predicted molar refractivity (Wildman–Crippen MR) is 65.2 cm³/mol. The fraction of sp³-hybridized carbons (Fsp3) is 0.200. The molecule has 84 valence electrons. The lowest BCUT2D eigenvalue weighted by Gasteiger charge is -2.17. The predicted octanol–water partition coefficient (Wildman–Crippen LogP) is 1.13. The topological polar surface area (TPSA) is 90.1 Å². The van der Waals surface area contributed by atoms with Gasteiger partial charge in [0.2, 0.25) is 0 Å². The van der Waals surface area contributed by atoms with Crippen molar-refractivity contribution >= 4 is 34.8 Å². The monoisotopic (exact) mass is 333 g/mol. The van der Waals surface area contributed by atoms with Gasteiger partial charge in [-0.15, -0.1) is 0 Å². The number of nitrogens with zero attached hydrogens (tertiary/aromatic N) is 1. The van der Waals surface area contributed by atoms with Crippen LogP contribution >= 0.6 is 22.6 Å². The van der Waals surface area contributed by atoms with Gasteiger partial charge >= 0.3 is 5.97 Å². The molecule has 2 rings (SSSR count). The summed E-state index contributed by atoms with van der Waals surface area (Å²) in [6.07, 6.45) is 1.66. The Morgan fingerprint density at radius 2 is 2.19 bits per heavy atom. The Bertz CT molecular complexity index is 498. The molecule has 1 aromatic carbocycles. The van der Waals surface area contributed by atoms with Gasteiger partial charge in [0.15, 0.2) is 17.5 Å². The molecule has 0 saturated carbocycles. The van der Waals surface area contributed by atoms with E-state index in [1.807, 2.05) is 22.6 Å². The van der Waals surface area contributed by atoms with E-state index >= 15 is 0 Å². The second-order valence-electron chi connectivity index (χ2n) is 3.47. The molecule has 3 N–H and O–H groups in total. The maximum atomic E-state index is 10.8. The summed E-state index contributed by atoms with van der Waals surface area (Å²) in [5.74, 6) is -1.42. The average molecular weight is 333 g/mol. The molecule has 0 amide bonds. The highest BCUT2D eigenvalue weighted by atomic mass is 127. The Kier molecular flexibility index (Phi) is 2.75. The number of halogens is 1. The van der Waals surface area contributed by atoms with Crippen molar-refractivity contribution < 1.29 is 20.1 Å². The Labute approximate surface area is 105 Å². The molecule has 16 heavy (non-hydrogen) atoms. The smallest absolute Gasteiger partial charge is 0.328 e. The van der Waals surface area contributed by atoms with E-state index in [-0.39, 0.29) is 17.9 Å². The number of hydrogen-bond donors (Lipinski definition) is 3. The molecule has 6 heteroatoms. The minimum Gasteiger partial charge on any atom is -0.504 e. The van der Waals surface area contributed by atoms with Crippen molar-refractivity contribution in [2.75, 3.05) is 0 Å². The summed E-state index contributed by atoms with van der Waals surface area (Å²) in [5, 5.41) is 27.8. The highest BCUT2D eigenvalue weighted by Crippen LogP contribution is 2.36. The number of carboxylic acid groups (broad SMARTS) is 1. The lowest BCUT2D eigenvalue weighted by Crippen LogP contribution is -2.24. The third-order valence-corrected chi connectivity index (χ3v) is 3.52. The third-order valence-electron chi connectivity index (χ3n) is 2.43. The maximum absolute atomic E-state index is 10.8. The fourth-order valence-electron chi connectivity index (χ4n) is 1.58. The Hall–Kier alpha value is -1.31. The summed E-state index contributed by atoms with van der Waals surface area (Å²) in [6.45, 7) is 0. The molecule has 1 heterocycles. The van der Waals surface area contributed by atoms with Gasteiger partial charge in [-0.1, -0.05) is 0 Å². The van der Waals surface area contributed by atoms with Gasteiger partial charge in [-0.05, 0) is 34.2 Å². The number of carbonyl (C=O) groups is 1. The van der Waals surface area contributed by atoms with Crippen molar-refractivity contribution in [1.82, 2.24) is 0 Å². The minimum atomic E-state index is -0.996. The summed E-state index contributed by atoms with van der Waals surface area (Å²) in [6, 6.07) is 0.570. The molecule has 0 aliphatic carbocycles. The SMILES string of the molecule is O=C(O)C1Cc2cc(O)c(O)c(I)c2C=N1. The van der Waals surface area contributed by atoms with Crippen LogP contribution in [-0.2, 0) is 11.2 Å². The van der Waals surface area contributed by atoms with Gasteiger partial charge in [0.05, 0.1) is 3.57 Å². The van der Waals surface area contributed by atoms with Crippen LogP contribution < -0.4 is 0 Å². The van der Waals surface area contributed by atoms with Gasteiger partial charge in [-0.2, -0.15) is 0 Å². The zero-order valence-electron chi connectivity index (χ0n) is 8.01. The number of fused-ring (bicyclic) bond motifs is 1. The Morgan fingerprint density at radius 1 is 1.50 bits per heavy atom. The molecule has 0 saturated heterocycles. The van der Waals surface area contributed by atoms with E-state index in [1.54, 1.807) is 0 Å². The normalized spacial score (nSPS) is 18.2. The van der Waals surface area contributed by atoms with Gasteiger partial charge < -0.3 is 15.3 Å². The first-order valence-corrected chi connectivity index (χ1v) is 5.58. The number of phenolic OH excluding ortho intramolecular Hbond substituents is 2. The first-order chi connectivity index (χ1) is 7.50. The highest BCUT2D eigenvalue weighted by molar-refractivity contribution is 14.1. The summed E-state index contributed by atoms with van der Waals surface area (Å²) < 4.78 is 0.486. The zero-order valence-corrected chi connectivity index (χ0v) is 10.2. The Balaban J connectivity index is 2.52. The van der Waals surface area contributed by atoms with Crippen molar-refractivity contribution in [3.63, 3.8) is 0 Å². The van der Waals surface area contributed by atoms with Crippen LogP contribution in [0.3, 0.4) is 0 Å². The van der Waals surface area contributed by atoms with E-state index in [9.17, 15) is 15.0 Å². The van der Waals surface area contributed by atoms with E-state index in [1.165, 1.54) is 12.3 Å². The van der Waals surface area contributed by atoms with E-state index in [2.05, 4.69) is 4.99 Å². The summed E-state index contributed by atoms with van der Waals surface area (Å²) in [5.41, 5.74) is 1.36. The lowest BCUT2D eigenvalue weighted by atomic mass is 9.97. The molecule has 1 aliphatic heterocycles. The number of carboxylic acids is 1. The van der Waals surface area contributed by atoms with Crippen molar-refractivity contribution in [2.45, 2.75) is 12.5 Å². The van der Waals surface area contributed by atoms with E-state index in [4.69, 9.17) is 5.11 Å². The molecule has 1 atom stereocenters. The lowest BCUT2D eigenvalue weighted by molar-refractivity contribution is -0.138. The number of aliphatic carboxylic acids is 1. The van der Waals surface area contributed by atoms with Crippen LogP contribution in [0.2, 0.25) is 0 Å². The molecule has 0 aromatic heterocycles. The van der Waals surface area contributed by atoms with Crippen LogP contribution in [0.15, 0.2) is 11.1 Å². The van der Waals surface area contributed by atoms with Crippen LogP contribution in [0.25, 0.3) is 0 Å². The molecular formula is C10H8INO4. The average Bonchev–Trinajstić information content (AvgIpc) is 2.25. The van der Waals surface area contributed by atoms with Gasteiger partial charge in [0.25, 0.3) is 0 Å². The van der Waals surface area contributed by atoms with Crippen LogP contribution in [0.5, 0.6) is 11.5 Å². The molecule has 1 aromatic rings. The second-order valence-corrected chi connectivity index (χ2v) is 4.55. The van der Waals surface area contributed by atoms with Gasteiger partial charge in [-0.3, -0.25) is 4.99 Å². The molecule has 0 radical (unpaired) electrons. The quantitative estimate of drug-likeness (QED) is 0.531. The Morgan fingerprint density at radius 3 is 2.81 bits per heavy atom. The van der Waals surface area contributed by atoms with Gasteiger partial charge in [0, 0.05) is 18.2 Å². The largest absolute Gasteiger partial charge is 0.504 e. The van der Waals surface area contributed by atoms with Crippen molar-refractivity contribution in [3.05, 3.63) is 20.8 Å².